The molecular weight excluding hydrogens is 618 g/mol. The standard InChI is InChI=1S/C32H28ClF4N3O5/c33-22-3-1-2-21(31(10-11-31)32(35,36)37)25(22)28(42)40-24-15-17(27(41)39-12-13-45-30(16-39)8-9-30)4-7-20(24)26(38-40)19-6-5-18(29(43)44)14-23(19)34/h1-3,5-6,14,17H,4,7-13,15-16H2,(H,43,44). The van der Waals surface area contributed by atoms with E-state index in [2.05, 4.69) is 5.10 Å². The van der Waals surface area contributed by atoms with E-state index in [9.17, 15) is 32.7 Å². The Balaban J connectivity index is 1.32. The van der Waals surface area contributed by atoms with Gasteiger partial charge in [-0.2, -0.15) is 23.0 Å². The summed E-state index contributed by atoms with van der Waals surface area (Å²) >= 11 is 6.43. The third-order valence-electron chi connectivity index (χ3n) is 9.69. The summed E-state index contributed by atoms with van der Waals surface area (Å²) in [5, 5.41) is 13.6. The second kappa shape index (κ2) is 10.4. The fourth-order valence-corrected chi connectivity index (χ4v) is 7.11. The maximum atomic E-state index is 15.3. The van der Waals surface area contributed by atoms with Gasteiger partial charge in [0.15, 0.2) is 0 Å². The molecule has 2 aromatic carbocycles. The number of ether oxygens (including phenoxy) is 1. The second-order valence-corrected chi connectivity index (χ2v) is 12.9. The number of carbonyl (C=O) groups is 3. The summed E-state index contributed by atoms with van der Waals surface area (Å²) in [4.78, 5) is 41.2. The largest absolute Gasteiger partial charge is 0.478 e. The Bertz CT molecular complexity index is 1760. The summed E-state index contributed by atoms with van der Waals surface area (Å²) in [6, 6.07) is 7.26. The van der Waals surface area contributed by atoms with Crippen molar-refractivity contribution in [2.75, 3.05) is 19.7 Å². The van der Waals surface area contributed by atoms with Gasteiger partial charge in [0.05, 0.1) is 45.2 Å². The molecule has 13 heteroatoms. The Morgan fingerprint density at radius 3 is 2.49 bits per heavy atom. The van der Waals surface area contributed by atoms with Crippen LogP contribution in [0.15, 0.2) is 36.4 Å². The minimum atomic E-state index is -4.62. The molecule has 1 aromatic heterocycles. The Labute approximate surface area is 259 Å². The molecule has 7 rings (SSSR count). The van der Waals surface area contributed by atoms with Crippen LogP contribution in [0.3, 0.4) is 0 Å². The molecule has 3 fully saturated rings. The van der Waals surface area contributed by atoms with Crippen molar-refractivity contribution in [3.8, 4) is 11.3 Å². The van der Waals surface area contributed by atoms with Crippen LogP contribution in [-0.2, 0) is 27.8 Å². The predicted octanol–water partition coefficient (Wildman–Crippen LogP) is 5.82. The van der Waals surface area contributed by atoms with Gasteiger partial charge in [-0.05, 0) is 68.4 Å². The van der Waals surface area contributed by atoms with Crippen molar-refractivity contribution in [3.63, 3.8) is 0 Å². The van der Waals surface area contributed by atoms with Gasteiger partial charge in [-0.15, -0.1) is 0 Å². The molecule has 1 saturated heterocycles. The van der Waals surface area contributed by atoms with Crippen molar-refractivity contribution in [2.45, 2.75) is 62.1 Å². The molecule has 45 heavy (non-hydrogen) atoms. The number of carbonyl (C=O) groups excluding carboxylic acids is 2. The minimum absolute atomic E-state index is 0.0519. The number of hydrogen-bond acceptors (Lipinski definition) is 5. The van der Waals surface area contributed by atoms with E-state index in [1.807, 2.05) is 0 Å². The fraction of sp³-hybridized carbons (Fsp3) is 0.438. The monoisotopic (exact) mass is 645 g/mol. The first-order valence-electron chi connectivity index (χ1n) is 14.8. The number of rotatable bonds is 5. The maximum Gasteiger partial charge on any atom is 0.398 e. The van der Waals surface area contributed by atoms with Gasteiger partial charge < -0.3 is 14.7 Å². The van der Waals surface area contributed by atoms with Crippen molar-refractivity contribution in [1.82, 2.24) is 14.7 Å². The van der Waals surface area contributed by atoms with Crippen LogP contribution in [0.4, 0.5) is 17.6 Å². The summed E-state index contributed by atoms with van der Waals surface area (Å²) in [5.41, 5.74) is -2.63. The molecule has 1 spiro atoms. The first kappa shape index (κ1) is 29.9. The molecule has 0 bridgehead atoms. The summed E-state index contributed by atoms with van der Waals surface area (Å²) in [6.07, 6.45) is -2.58. The molecule has 1 aliphatic heterocycles. The summed E-state index contributed by atoms with van der Waals surface area (Å²) < 4.78 is 64.9. The van der Waals surface area contributed by atoms with Gasteiger partial charge >= 0.3 is 12.1 Å². The van der Waals surface area contributed by atoms with Gasteiger partial charge in [0, 0.05) is 36.6 Å². The van der Waals surface area contributed by atoms with Crippen molar-refractivity contribution >= 4 is 29.4 Å². The number of hydrogen-bond donors (Lipinski definition) is 1. The van der Waals surface area contributed by atoms with E-state index in [1.54, 1.807) is 4.90 Å². The van der Waals surface area contributed by atoms with Crippen molar-refractivity contribution in [2.24, 2.45) is 5.92 Å². The fourth-order valence-electron chi connectivity index (χ4n) is 6.86. The summed E-state index contributed by atoms with van der Waals surface area (Å²) in [7, 11) is 0. The highest BCUT2D eigenvalue weighted by Crippen LogP contribution is 2.60. The molecule has 1 amide bonds. The number of alkyl halides is 3. The normalized spacial score (nSPS) is 21.4. The zero-order valence-electron chi connectivity index (χ0n) is 23.9. The van der Waals surface area contributed by atoms with Gasteiger partial charge in [0.2, 0.25) is 5.91 Å². The van der Waals surface area contributed by atoms with Crippen LogP contribution in [0.2, 0.25) is 5.02 Å². The molecule has 1 unspecified atom stereocenters. The van der Waals surface area contributed by atoms with E-state index in [4.69, 9.17) is 16.3 Å². The number of carboxylic acid groups (broad SMARTS) is 1. The van der Waals surface area contributed by atoms with Crippen LogP contribution in [0.25, 0.3) is 11.3 Å². The van der Waals surface area contributed by atoms with E-state index in [0.717, 1.165) is 23.6 Å². The number of aromatic nitrogens is 2. The van der Waals surface area contributed by atoms with E-state index >= 15 is 4.39 Å². The lowest BCUT2D eigenvalue weighted by atomic mass is 9.84. The SMILES string of the molecule is O=C(O)c1ccc(-c2nn(C(=O)c3c(Cl)cccc3C3(C(F)(F)F)CC3)c3c2CCC(C(=O)N2CCOC4(CC4)C2)C3)c(F)c1. The van der Waals surface area contributed by atoms with E-state index in [0.29, 0.717) is 37.4 Å². The smallest absolute Gasteiger partial charge is 0.398 e. The van der Waals surface area contributed by atoms with Crippen LogP contribution in [0.5, 0.6) is 0 Å². The number of nitrogens with zero attached hydrogens (tertiary/aromatic N) is 3. The lowest BCUT2D eigenvalue weighted by Gasteiger charge is -2.36. The highest BCUT2D eigenvalue weighted by molar-refractivity contribution is 6.34. The summed E-state index contributed by atoms with van der Waals surface area (Å²) in [5.74, 6) is -3.78. The lowest BCUT2D eigenvalue weighted by Crippen LogP contribution is -2.49. The zero-order valence-corrected chi connectivity index (χ0v) is 24.7. The van der Waals surface area contributed by atoms with Crippen LogP contribution < -0.4 is 0 Å². The Hall–Kier alpha value is -3.77. The Morgan fingerprint density at radius 2 is 1.84 bits per heavy atom. The number of carboxylic acids is 1. The first-order valence-corrected chi connectivity index (χ1v) is 15.2. The minimum Gasteiger partial charge on any atom is -0.478 e. The zero-order chi connectivity index (χ0) is 31.9. The van der Waals surface area contributed by atoms with Gasteiger partial charge in [-0.25, -0.2) is 9.18 Å². The average Bonchev–Trinajstić information content (AvgIpc) is 3.93. The number of benzene rings is 2. The predicted molar refractivity (Wildman–Crippen MR) is 153 cm³/mol. The Kier molecular flexibility index (Phi) is 6.90. The van der Waals surface area contributed by atoms with Crippen molar-refractivity contribution in [3.05, 3.63) is 75.2 Å². The first-order chi connectivity index (χ1) is 21.3. The molecule has 236 valence electrons. The molecule has 3 aliphatic carbocycles. The number of halogens is 5. The number of fused-ring (bicyclic) bond motifs is 1. The molecular formula is C32H28ClF4N3O5. The quantitative estimate of drug-likeness (QED) is 0.351. The molecule has 2 saturated carbocycles. The van der Waals surface area contributed by atoms with E-state index < -0.39 is 35.2 Å². The molecule has 2 heterocycles. The topological polar surface area (TPSA) is 102 Å². The van der Waals surface area contributed by atoms with Crippen LogP contribution in [0, 0.1) is 11.7 Å². The van der Waals surface area contributed by atoms with Gasteiger partial charge in [0.25, 0.3) is 5.91 Å². The van der Waals surface area contributed by atoms with E-state index in [-0.39, 0.29) is 70.2 Å². The average molecular weight is 646 g/mol. The van der Waals surface area contributed by atoms with Crippen LogP contribution in [-0.4, -0.2) is 69.0 Å². The van der Waals surface area contributed by atoms with Gasteiger partial charge in [-0.1, -0.05) is 23.7 Å². The molecule has 4 aliphatic rings. The third kappa shape index (κ3) is 4.93. The van der Waals surface area contributed by atoms with Crippen molar-refractivity contribution < 1.29 is 41.8 Å². The number of morpholine rings is 1. The van der Waals surface area contributed by atoms with Crippen LogP contribution >= 0.6 is 11.6 Å². The van der Waals surface area contributed by atoms with Gasteiger partial charge in [0.1, 0.15) is 5.82 Å². The number of amides is 1. The Morgan fingerprint density at radius 1 is 1.09 bits per heavy atom. The molecule has 8 nitrogen and oxygen atoms in total. The lowest BCUT2D eigenvalue weighted by molar-refractivity contribution is -0.160. The van der Waals surface area contributed by atoms with Crippen LogP contribution in [0.1, 0.15) is 69.6 Å². The number of aromatic carboxylic acids is 1. The molecule has 1 atom stereocenters. The van der Waals surface area contributed by atoms with E-state index in [1.165, 1.54) is 30.3 Å². The second-order valence-electron chi connectivity index (χ2n) is 12.5. The van der Waals surface area contributed by atoms with Gasteiger partial charge in [-0.3, -0.25) is 9.59 Å². The van der Waals surface area contributed by atoms with Crippen molar-refractivity contribution in [1.29, 1.82) is 0 Å². The molecule has 1 N–H and O–H groups in total. The molecule has 0 radical (unpaired) electrons. The summed E-state index contributed by atoms with van der Waals surface area (Å²) in [6.45, 7) is 1.32. The highest BCUT2D eigenvalue weighted by Gasteiger charge is 2.65. The third-order valence-corrected chi connectivity index (χ3v) is 10.0. The maximum absolute atomic E-state index is 15.3. The highest BCUT2D eigenvalue weighted by atomic mass is 35.5. The molecule has 3 aromatic rings.